The van der Waals surface area contributed by atoms with Crippen molar-refractivity contribution in [2.75, 3.05) is 11.9 Å². The molecule has 1 aliphatic rings. The van der Waals surface area contributed by atoms with Crippen LogP contribution in [0.4, 0.5) is 11.5 Å². The minimum absolute atomic E-state index is 0.0812. The summed E-state index contributed by atoms with van der Waals surface area (Å²) in [6.45, 7) is 2.91. The number of rotatable bonds is 4. The van der Waals surface area contributed by atoms with Crippen LogP contribution in [-0.2, 0) is 4.74 Å². The maximum absolute atomic E-state index is 10.8. The molecule has 6 nitrogen and oxygen atoms in total. The molecule has 1 fully saturated rings. The lowest BCUT2D eigenvalue weighted by Gasteiger charge is -2.20. The molecule has 2 aromatic rings. The third-order valence-corrected chi connectivity index (χ3v) is 3.78. The summed E-state index contributed by atoms with van der Waals surface area (Å²) in [6.07, 6.45) is 2.39. The number of ether oxygens (including phenoxy) is 1. The van der Waals surface area contributed by atoms with Crippen molar-refractivity contribution in [1.29, 1.82) is 0 Å². The van der Waals surface area contributed by atoms with Gasteiger partial charge >= 0.3 is 0 Å². The molecule has 0 radical (unpaired) electrons. The molecule has 0 bridgehead atoms. The Labute approximate surface area is 122 Å². The Hall–Kier alpha value is -2.21. The van der Waals surface area contributed by atoms with Crippen molar-refractivity contribution >= 4 is 22.4 Å². The number of hydrogen-bond acceptors (Lipinski definition) is 5. The molecule has 1 saturated heterocycles. The molecule has 0 saturated carbocycles. The normalized spacial score (nSPS) is 19.6. The highest BCUT2D eigenvalue weighted by Crippen LogP contribution is 2.23. The smallest absolute Gasteiger partial charge is 0.270 e. The first-order valence-electron chi connectivity index (χ1n) is 7.07. The van der Waals surface area contributed by atoms with E-state index in [1.54, 1.807) is 6.07 Å². The van der Waals surface area contributed by atoms with Gasteiger partial charge in [0.25, 0.3) is 5.69 Å². The van der Waals surface area contributed by atoms with Crippen LogP contribution in [0.2, 0.25) is 0 Å². The van der Waals surface area contributed by atoms with E-state index in [1.807, 2.05) is 12.1 Å². The number of non-ortho nitro benzene ring substituents is 1. The summed E-state index contributed by atoms with van der Waals surface area (Å²) >= 11 is 0. The number of benzene rings is 1. The highest BCUT2D eigenvalue weighted by atomic mass is 16.6. The first-order chi connectivity index (χ1) is 10.1. The molecule has 0 amide bonds. The minimum Gasteiger partial charge on any atom is -0.376 e. The van der Waals surface area contributed by atoms with Crippen molar-refractivity contribution in [1.82, 2.24) is 4.98 Å². The molecular formula is C15H17N3O3. The third-order valence-electron chi connectivity index (χ3n) is 3.78. The largest absolute Gasteiger partial charge is 0.376 e. The lowest BCUT2D eigenvalue weighted by Crippen LogP contribution is -2.30. The highest BCUT2D eigenvalue weighted by molar-refractivity contribution is 5.82. The van der Waals surface area contributed by atoms with Crippen molar-refractivity contribution in [2.24, 2.45) is 0 Å². The number of fused-ring (bicyclic) bond motifs is 1. The SMILES string of the molecule is CC(Nc1ccc2cc([N+](=O)[O-])ccc2n1)C1CCCO1. The van der Waals surface area contributed by atoms with Gasteiger partial charge in [-0.25, -0.2) is 4.98 Å². The van der Waals surface area contributed by atoms with Gasteiger partial charge in [0, 0.05) is 24.1 Å². The van der Waals surface area contributed by atoms with Gasteiger partial charge in [0.05, 0.1) is 22.6 Å². The van der Waals surface area contributed by atoms with Crippen molar-refractivity contribution in [3.8, 4) is 0 Å². The second kappa shape index (κ2) is 5.65. The fraction of sp³-hybridized carbons (Fsp3) is 0.400. The number of nitro groups is 1. The van der Waals surface area contributed by atoms with E-state index in [4.69, 9.17) is 4.74 Å². The van der Waals surface area contributed by atoms with Crippen molar-refractivity contribution in [3.63, 3.8) is 0 Å². The van der Waals surface area contributed by atoms with Crippen LogP contribution < -0.4 is 5.32 Å². The minimum atomic E-state index is -0.398. The van der Waals surface area contributed by atoms with E-state index >= 15 is 0 Å². The summed E-state index contributed by atoms with van der Waals surface area (Å²) in [4.78, 5) is 14.9. The maximum atomic E-state index is 10.8. The van der Waals surface area contributed by atoms with Gasteiger partial charge in [-0.1, -0.05) is 0 Å². The van der Waals surface area contributed by atoms with E-state index < -0.39 is 4.92 Å². The molecule has 0 aliphatic carbocycles. The van der Waals surface area contributed by atoms with Crippen LogP contribution in [0.1, 0.15) is 19.8 Å². The van der Waals surface area contributed by atoms with Gasteiger partial charge in [0.1, 0.15) is 5.82 Å². The molecular weight excluding hydrogens is 270 g/mol. The molecule has 21 heavy (non-hydrogen) atoms. The van der Waals surface area contributed by atoms with E-state index in [9.17, 15) is 10.1 Å². The summed E-state index contributed by atoms with van der Waals surface area (Å²) in [5.41, 5.74) is 0.822. The Morgan fingerprint density at radius 1 is 1.43 bits per heavy atom. The molecule has 2 atom stereocenters. The first-order valence-corrected chi connectivity index (χ1v) is 7.07. The summed E-state index contributed by atoms with van der Waals surface area (Å²) in [5, 5.41) is 14.9. The zero-order chi connectivity index (χ0) is 14.8. The van der Waals surface area contributed by atoms with Crippen molar-refractivity contribution in [2.45, 2.75) is 31.9 Å². The summed E-state index contributed by atoms with van der Waals surface area (Å²) in [6, 6.07) is 8.57. The van der Waals surface area contributed by atoms with Gasteiger partial charge in [-0.2, -0.15) is 0 Å². The number of nitro benzene ring substituents is 1. The number of nitrogens with zero attached hydrogens (tertiary/aromatic N) is 2. The van der Waals surface area contributed by atoms with Crippen LogP contribution in [0.15, 0.2) is 30.3 Å². The van der Waals surface area contributed by atoms with Gasteiger partial charge in [0.15, 0.2) is 0 Å². The average molecular weight is 287 g/mol. The Kier molecular flexibility index (Phi) is 3.70. The monoisotopic (exact) mass is 287 g/mol. The van der Waals surface area contributed by atoms with E-state index in [0.717, 1.165) is 36.2 Å². The number of aromatic nitrogens is 1. The standard InChI is InChI=1S/C15H17N3O3/c1-10(14-3-2-8-21-14)16-15-7-4-11-9-12(18(19)20)5-6-13(11)17-15/h4-7,9-10,14H,2-3,8H2,1H3,(H,16,17). The number of pyridine rings is 1. The lowest BCUT2D eigenvalue weighted by atomic mass is 10.1. The molecule has 1 aliphatic heterocycles. The summed E-state index contributed by atoms with van der Waals surface area (Å²) in [5.74, 6) is 0.763. The molecule has 1 aromatic carbocycles. The predicted octanol–water partition coefficient (Wildman–Crippen LogP) is 3.12. The summed E-state index contributed by atoms with van der Waals surface area (Å²) < 4.78 is 5.65. The van der Waals surface area contributed by atoms with Crippen LogP contribution in [0.25, 0.3) is 10.9 Å². The Morgan fingerprint density at radius 2 is 2.29 bits per heavy atom. The van der Waals surface area contributed by atoms with E-state index in [1.165, 1.54) is 12.1 Å². The Bertz CT molecular complexity index is 668. The van der Waals surface area contributed by atoms with Crippen LogP contribution in [-0.4, -0.2) is 28.7 Å². The third kappa shape index (κ3) is 2.95. The van der Waals surface area contributed by atoms with E-state index in [-0.39, 0.29) is 17.8 Å². The molecule has 2 heterocycles. The zero-order valence-electron chi connectivity index (χ0n) is 11.8. The summed E-state index contributed by atoms with van der Waals surface area (Å²) in [7, 11) is 0. The molecule has 1 aromatic heterocycles. The van der Waals surface area contributed by atoms with Crippen molar-refractivity contribution < 1.29 is 9.66 Å². The second-order valence-electron chi connectivity index (χ2n) is 5.32. The number of anilines is 1. The van der Waals surface area contributed by atoms with Gasteiger partial charge in [0.2, 0.25) is 0 Å². The molecule has 3 rings (SSSR count). The first kappa shape index (κ1) is 13.8. The zero-order valence-corrected chi connectivity index (χ0v) is 11.8. The Morgan fingerprint density at radius 3 is 3.00 bits per heavy atom. The molecule has 1 N–H and O–H groups in total. The second-order valence-corrected chi connectivity index (χ2v) is 5.32. The van der Waals surface area contributed by atoms with Crippen LogP contribution in [0.3, 0.4) is 0 Å². The van der Waals surface area contributed by atoms with Crippen LogP contribution in [0.5, 0.6) is 0 Å². The van der Waals surface area contributed by atoms with Gasteiger partial charge in [-0.15, -0.1) is 0 Å². The van der Waals surface area contributed by atoms with Crippen LogP contribution >= 0.6 is 0 Å². The van der Waals surface area contributed by atoms with Gasteiger partial charge in [-0.3, -0.25) is 10.1 Å². The van der Waals surface area contributed by atoms with Crippen LogP contribution in [0, 0.1) is 10.1 Å². The topological polar surface area (TPSA) is 77.3 Å². The number of nitrogens with one attached hydrogen (secondary N) is 1. The number of hydrogen-bond donors (Lipinski definition) is 1. The fourth-order valence-electron chi connectivity index (χ4n) is 2.63. The highest BCUT2D eigenvalue weighted by Gasteiger charge is 2.22. The average Bonchev–Trinajstić information content (AvgIpc) is 3.01. The maximum Gasteiger partial charge on any atom is 0.270 e. The quantitative estimate of drug-likeness (QED) is 0.690. The Balaban J connectivity index is 1.80. The van der Waals surface area contributed by atoms with Gasteiger partial charge < -0.3 is 10.1 Å². The van der Waals surface area contributed by atoms with E-state index in [2.05, 4.69) is 17.2 Å². The fourth-order valence-corrected chi connectivity index (χ4v) is 2.63. The molecule has 6 heteroatoms. The van der Waals surface area contributed by atoms with Gasteiger partial charge in [-0.05, 0) is 38.0 Å². The van der Waals surface area contributed by atoms with Crippen molar-refractivity contribution in [3.05, 3.63) is 40.4 Å². The predicted molar refractivity (Wildman–Crippen MR) is 80.5 cm³/mol. The van der Waals surface area contributed by atoms with E-state index in [0.29, 0.717) is 0 Å². The lowest BCUT2D eigenvalue weighted by molar-refractivity contribution is -0.384. The molecule has 2 unspecified atom stereocenters. The molecule has 0 spiro atoms. The molecule has 110 valence electrons.